The monoisotopic (exact) mass is 264 g/mol. The van der Waals surface area contributed by atoms with Gasteiger partial charge in [0, 0.05) is 5.69 Å². The Hall–Kier alpha value is -1.55. The van der Waals surface area contributed by atoms with Crippen molar-refractivity contribution in [2.24, 2.45) is 5.92 Å². The molecular weight excluding hydrogens is 240 g/mol. The van der Waals surface area contributed by atoms with Crippen molar-refractivity contribution in [2.75, 3.05) is 25.0 Å². The third kappa shape index (κ3) is 6.82. The molecule has 0 heterocycles. The highest BCUT2D eigenvalue weighted by Gasteiger charge is 2.02. The van der Waals surface area contributed by atoms with E-state index >= 15 is 0 Å². The summed E-state index contributed by atoms with van der Waals surface area (Å²) < 4.78 is 5.58. The topological polar surface area (TPSA) is 50.4 Å². The Morgan fingerprint density at radius 2 is 1.95 bits per heavy atom. The molecule has 1 aromatic carbocycles. The average Bonchev–Trinajstić information content (AvgIpc) is 2.38. The van der Waals surface area contributed by atoms with Gasteiger partial charge in [0.25, 0.3) is 0 Å². The lowest BCUT2D eigenvalue weighted by Crippen LogP contribution is -2.28. The van der Waals surface area contributed by atoms with E-state index in [4.69, 9.17) is 4.74 Å². The number of anilines is 1. The number of rotatable bonds is 8. The van der Waals surface area contributed by atoms with Crippen LogP contribution in [0.5, 0.6) is 5.75 Å². The van der Waals surface area contributed by atoms with Gasteiger partial charge in [-0.2, -0.15) is 0 Å². The lowest BCUT2D eigenvalue weighted by atomic mass is 10.2. The Bertz CT molecular complexity index is 374. The van der Waals surface area contributed by atoms with Crippen molar-refractivity contribution >= 4 is 11.6 Å². The predicted octanol–water partition coefficient (Wildman–Crippen LogP) is 2.66. The highest BCUT2D eigenvalue weighted by molar-refractivity contribution is 5.92. The highest BCUT2D eigenvalue weighted by atomic mass is 16.5. The SMILES string of the molecule is CCCNCC(=O)Nc1ccc(OCC(C)C)cc1. The third-order valence-electron chi connectivity index (χ3n) is 2.43. The molecule has 4 nitrogen and oxygen atoms in total. The fraction of sp³-hybridized carbons (Fsp3) is 0.533. The minimum atomic E-state index is -0.0238. The van der Waals surface area contributed by atoms with Gasteiger partial charge in [-0.15, -0.1) is 0 Å². The number of amides is 1. The molecule has 0 radical (unpaired) electrons. The largest absolute Gasteiger partial charge is 0.493 e. The van der Waals surface area contributed by atoms with Crippen LogP contribution in [0.2, 0.25) is 0 Å². The van der Waals surface area contributed by atoms with Crippen LogP contribution in [0.3, 0.4) is 0 Å². The molecule has 0 fully saturated rings. The molecule has 0 saturated heterocycles. The van der Waals surface area contributed by atoms with Gasteiger partial charge in [0.05, 0.1) is 13.2 Å². The van der Waals surface area contributed by atoms with E-state index in [1.165, 1.54) is 0 Å². The molecule has 0 aliphatic rings. The second-order valence-electron chi connectivity index (χ2n) is 4.95. The Labute approximate surface area is 115 Å². The van der Waals surface area contributed by atoms with Crippen molar-refractivity contribution in [1.29, 1.82) is 0 Å². The lowest BCUT2D eigenvalue weighted by molar-refractivity contribution is -0.115. The van der Waals surface area contributed by atoms with E-state index in [0.29, 0.717) is 19.1 Å². The van der Waals surface area contributed by atoms with Gasteiger partial charge >= 0.3 is 0 Å². The molecule has 4 heteroatoms. The van der Waals surface area contributed by atoms with Crippen LogP contribution in [-0.4, -0.2) is 25.6 Å². The average molecular weight is 264 g/mol. The molecule has 0 aliphatic carbocycles. The number of nitrogens with one attached hydrogen (secondary N) is 2. The van der Waals surface area contributed by atoms with Gasteiger partial charge in [-0.1, -0.05) is 20.8 Å². The normalized spacial score (nSPS) is 10.5. The smallest absolute Gasteiger partial charge is 0.238 e. The molecule has 0 aliphatic heterocycles. The van der Waals surface area contributed by atoms with Crippen LogP contribution in [-0.2, 0) is 4.79 Å². The molecular formula is C15H24N2O2. The van der Waals surface area contributed by atoms with Gasteiger partial charge < -0.3 is 15.4 Å². The second kappa shape index (κ2) is 8.53. The molecule has 1 rings (SSSR count). The Morgan fingerprint density at radius 3 is 2.53 bits per heavy atom. The molecule has 2 N–H and O–H groups in total. The minimum Gasteiger partial charge on any atom is -0.493 e. The minimum absolute atomic E-state index is 0.0238. The van der Waals surface area contributed by atoms with E-state index in [1.54, 1.807) is 0 Å². The fourth-order valence-electron chi connectivity index (χ4n) is 1.48. The highest BCUT2D eigenvalue weighted by Crippen LogP contribution is 2.16. The first-order valence-electron chi connectivity index (χ1n) is 6.85. The van der Waals surface area contributed by atoms with Crippen LogP contribution < -0.4 is 15.4 Å². The summed E-state index contributed by atoms with van der Waals surface area (Å²) >= 11 is 0. The zero-order valence-electron chi connectivity index (χ0n) is 12.0. The maximum Gasteiger partial charge on any atom is 0.238 e. The molecule has 1 aromatic rings. The molecule has 0 spiro atoms. The number of carbonyl (C=O) groups excluding carboxylic acids is 1. The van der Waals surface area contributed by atoms with E-state index in [0.717, 1.165) is 24.4 Å². The van der Waals surface area contributed by atoms with E-state index in [9.17, 15) is 4.79 Å². The molecule has 0 aromatic heterocycles. The van der Waals surface area contributed by atoms with Crippen LogP contribution >= 0.6 is 0 Å². The zero-order chi connectivity index (χ0) is 14.1. The Balaban J connectivity index is 2.37. The number of ether oxygens (including phenoxy) is 1. The van der Waals surface area contributed by atoms with Crippen molar-refractivity contribution in [1.82, 2.24) is 5.32 Å². The van der Waals surface area contributed by atoms with Crippen LogP contribution in [0.1, 0.15) is 27.2 Å². The van der Waals surface area contributed by atoms with E-state index in [-0.39, 0.29) is 5.91 Å². The lowest BCUT2D eigenvalue weighted by Gasteiger charge is -2.10. The van der Waals surface area contributed by atoms with Crippen molar-refractivity contribution in [3.8, 4) is 5.75 Å². The number of hydrogen-bond donors (Lipinski definition) is 2. The summed E-state index contributed by atoms with van der Waals surface area (Å²) in [5.41, 5.74) is 0.792. The molecule has 0 atom stereocenters. The Kier molecular flexibility index (Phi) is 6.97. The van der Waals surface area contributed by atoms with Crippen LogP contribution in [0.4, 0.5) is 5.69 Å². The van der Waals surface area contributed by atoms with Crippen molar-refractivity contribution < 1.29 is 9.53 Å². The second-order valence-corrected chi connectivity index (χ2v) is 4.95. The van der Waals surface area contributed by atoms with E-state index in [2.05, 4.69) is 31.4 Å². The van der Waals surface area contributed by atoms with Crippen LogP contribution in [0, 0.1) is 5.92 Å². The Morgan fingerprint density at radius 1 is 1.26 bits per heavy atom. The molecule has 0 unspecified atom stereocenters. The van der Waals surface area contributed by atoms with Crippen molar-refractivity contribution in [3.05, 3.63) is 24.3 Å². The molecule has 0 bridgehead atoms. The number of hydrogen-bond acceptors (Lipinski definition) is 3. The summed E-state index contributed by atoms with van der Waals surface area (Å²) in [6.07, 6.45) is 1.02. The van der Waals surface area contributed by atoms with Crippen LogP contribution in [0.15, 0.2) is 24.3 Å². The van der Waals surface area contributed by atoms with Gasteiger partial charge in [-0.3, -0.25) is 4.79 Å². The number of carbonyl (C=O) groups is 1. The maximum atomic E-state index is 11.6. The van der Waals surface area contributed by atoms with E-state index < -0.39 is 0 Å². The summed E-state index contributed by atoms with van der Waals surface area (Å²) in [6.45, 7) is 8.19. The summed E-state index contributed by atoms with van der Waals surface area (Å²) in [7, 11) is 0. The first-order valence-corrected chi connectivity index (χ1v) is 6.85. The molecule has 0 saturated carbocycles. The van der Waals surface area contributed by atoms with E-state index in [1.807, 2.05) is 24.3 Å². The summed E-state index contributed by atoms with van der Waals surface area (Å²) in [5.74, 6) is 1.31. The number of benzene rings is 1. The fourth-order valence-corrected chi connectivity index (χ4v) is 1.48. The summed E-state index contributed by atoms with van der Waals surface area (Å²) in [4.78, 5) is 11.6. The van der Waals surface area contributed by atoms with Crippen molar-refractivity contribution in [3.63, 3.8) is 0 Å². The molecule has 106 valence electrons. The van der Waals surface area contributed by atoms with Gasteiger partial charge in [-0.25, -0.2) is 0 Å². The van der Waals surface area contributed by atoms with Gasteiger partial charge in [0.1, 0.15) is 5.75 Å². The quantitative estimate of drug-likeness (QED) is 0.710. The van der Waals surface area contributed by atoms with Crippen LogP contribution in [0.25, 0.3) is 0 Å². The van der Waals surface area contributed by atoms with Crippen molar-refractivity contribution in [2.45, 2.75) is 27.2 Å². The standard InChI is InChI=1S/C15H24N2O2/c1-4-9-16-10-15(18)17-13-5-7-14(8-6-13)19-11-12(2)3/h5-8,12,16H,4,9-11H2,1-3H3,(H,17,18). The first kappa shape index (κ1) is 15.5. The predicted molar refractivity (Wildman–Crippen MR) is 78.6 cm³/mol. The van der Waals surface area contributed by atoms with Gasteiger partial charge in [-0.05, 0) is 43.1 Å². The van der Waals surface area contributed by atoms with Gasteiger partial charge in [0.2, 0.25) is 5.91 Å². The summed E-state index contributed by atoms with van der Waals surface area (Å²) in [5, 5.41) is 5.90. The third-order valence-corrected chi connectivity index (χ3v) is 2.43. The zero-order valence-corrected chi connectivity index (χ0v) is 12.0. The van der Waals surface area contributed by atoms with Gasteiger partial charge in [0.15, 0.2) is 0 Å². The molecule has 19 heavy (non-hydrogen) atoms. The first-order chi connectivity index (χ1) is 9.11. The maximum absolute atomic E-state index is 11.6. The summed E-state index contributed by atoms with van der Waals surface area (Å²) in [6, 6.07) is 7.45. The molecule has 1 amide bonds.